The highest BCUT2D eigenvalue weighted by Crippen LogP contribution is 2.32. The van der Waals surface area contributed by atoms with Gasteiger partial charge in [0.15, 0.2) is 5.82 Å². The lowest BCUT2D eigenvalue weighted by molar-refractivity contribution is 0.234. The van der Waals surface area contributed by atoms with Crippen LogP contribution in [0, 0.1) is 0 Å². The molecular formula is C12H12N2O2. The third-order valence-corrected chi connectivity index (χ3v) is 2.83. The minimum Gasteiger partial charge on any atom is -0.493 e. The average molecular weight is 216 g/mol. The standard InChI is InChI=1S/C12H12N2O2/c13-12-6-11(16-14-12)9-5-8-3-1-2-4-10(8)15-7-9/h1-4,6,9H,5,7H2,(H2,13,14). The van der Waals surface area contributed by atoms with Gasteiger partial charge >= 0.3 is 0 Å². The van der Waals surface area contributed by atoms with Crippen molar-refractivity contribution in [2.24, 2.45) is 0 Å². The first-order valence-corrected chi connectivity index (χ1v) is 5.26. The van der Waals surface area contributed by atoms with Crippen LogP contribution in [-0.2, 0) is 6.42 Å². The predicted molar refractivity (Wildman–Crippen MR) is 59.3 cm³/mol. The second-order valence-electron chi connectivity index (χ2n) is 3.97. The Balaban J connectivity index is 1.88. The van der Waals surface area contributed by atoms with E-state index in [0.717, 1.165) is 17.9 Å². The molecule has 4 nitrogen and oxygen atoms in total. The fourth-order valence-electron chi connectivity index (χ4n) is 2.01. The van der Waals surface area contributed by atoms with Crippen LogP contribution in [0.5, 0.6) is 5.75 Å². The molecule has 2 heterocycles. The third kappa shape index (κ3) is 1.52. The zero-order chi connectivity index (χ0) is 11.0. The number of nitrogens with zero attached hydrogens (tertiary/aromatic N) is 1. The van der Waals surface area contributed by atoms with E-state index in [1.54, 1.807) is 6.07 Å². The summed E-state index contributed by atoms with van der Waals surface area (Å²) in [5.41, 5.74) is 6.74. The van der Waals surface area contributed by atoms with Gasteiger partial charge in [0.1, 0.15) is 11.5 Å². The summed E-state index contributed by atoms with van der Waals surface area (Å²) < 4.78 is 10.8. The molecule has 2 aromatic rings. The second-order valence-corrected chi connectivity index (χ2v) is 3.97. The largest absolute Gasteiger partial charge is 0.493 e. The van der Waals surface area contributed by atoms with Crippen LogP contribution in [0.4, 0.5) is 5.82 Å². The summed E-state index contributed by atoms with van der Waals surface area (Å²) in [6.45, 7) is 0.617. The van der Waals surface area contributed by atoms with Crippen molar-refractivity contribution in [2.45, 2.75) is 12.3 Å². The molecule has 0 fully saturated rings. The molecule has 1 unspecified atom stereocenters. The van der Waals surface area contributed by atoms with Gasteiger partial charge in [0.05, 0.1) is 12.5 Å². The molecule has 1 aliphatic rings. The van der Waals surface area contributed by atoms with E-state index in [4.69, 9.17) is 15.0 Å². The van der Waals surface area contributed by atoms with Gasteiger partial charge in [-0.2, -0.15) is 0 Å². The van der Waals surface area contributed by atoms with Gasteiger partial charge in [-0.1, -0.05) is 23.4 Å². The highest BCUT2D eigenvalue weighted by molar-refractivity contribution is 5.37. The number of nitrogens with two attached hydrogens (primary N) is 1. The fourth-order valence-corrected chi connectivity index (χ4v) is 2.01. The minimum atomic E-state index is 0.208. The number of anilines is 1. The lowest BCUT2D eigenvalue weighted by Crippen LogP contribution is -2.18. The van der Waals surface area contributed by atoms with E-state index in [1.165, 1.54) is 5.56 Å². The summed E-state index contributed by atoms with van der Waals surface area (Å²) in [5, 5.41) is 3.70. The fraction of sp³-hybridized carbons (Fsp3) is 0.250. The molecule has 0 spiro atoms. The van der Waals surface area contributed by atoms with Gasteiger partial charge in [0, 0.05) is 6.07 Å². The van der Waals surface area contributed by atoms with Gasteiger partial charge < -0.3 is 15.0 Å². The van der Waals surface area contributed by atoms with Crippen molar-refractivity contribution in [1.82, 2.24) is 5.16 Å². The van der Waals surface area contributed by atoms with Crippen LogP contribution >= 0.6 is 0 Å². The predicted octanol–water partition coefficient (Wildman–Crippen LogP) is 1.98. The van der Waals surface area contributed by atoms with Crippen molar-refractivity contribution in [3.63, 3.8) is 0 Å². The maximum atomic E-state index is 5.67. The monoisotopic (exact) mass is 216 g/mol. The zero-order valence-electron chi connectivity index (χ0n) is 8.72. The molecular weight excluding hydrogens is 204 g/mol. The number of benzene rings is 1. The number of hydrogen-bond acceptors (Lipinski definition) is 4. The first kappa shape index (κ1) is 9.27. The number of aromatic nitrogens is 1. The molecule has 16 heavy (non-hydrogen) atoms. The molecule has 4 heteroatoms. The Kier molecular flexibility index (Phi) is 2.06. The molecule has 0 saturated carbocycles. The number of ether oxygens (including phenoxy) is 1. The van der Waals surface area contributed by atoms with Gasteiger partial charge in [-0.15, -0.1) is 0 Å². The molecule has 2 N–H and O–H groups in total. The Morgan fingerprint density at radius 2 is 2.19 bits per heavy atom. The Morgan fingerprint density at radius 3 is 3.00 bits per heavy atom. The van der Waals surface area contributed by atoms with Crippen molar-refractivity contribution < 1.29 is 9.26 Å². The lowest BCUT2D eigenvalue weighted by atomic mass is 9.95. The number of para-hydroxylation sites is 1. The number of nitrogen functional groups attached to an aromatic ring is 1. The van der Waals surface area contributed by atoms with E-state index in [0.29, 0.717) is 12.4 Å². The smallest absolute Gasteiger partial charge is 0.167 e. The second kappa shape index (κ2) is 3.56. The first-order chi connectivity index (χ1) is 7.83. The Bertz CT molecular complexity index is 507. The van der Waals surface area contributed by atoms with Gasteiger partial charge in [-0.3, -0.25) is 0 Å². The lowest BCUT2D eigenvalue weighted by Gasteiger charge is -2.23. The van der Waals surface area contributed by atoms with Crippen LogP contribution < -0.4 is 10.5 Å². The van der Waals surface area contributed by atoms with Crippen molar-refractivity contribution >= 4 is 5.82 Å². The van der Waals surface area contributed by atoms with Crippen LogP contribution in [0.1, 0.15) is 17.2 Å². The van der Waals surface area contributed by atoms with E-state index >= 15 is 0 Å². The van der Waals surface area contributed by atoms with E-state index in [2.05, 4.69) is 11.2 Å². The van der Waals surface area contributed by atoms with Crippen LogP contribution in [-0.4, -0.2) is 11.8 Å². The average Bonchev–Trinajstić information content (AvgIpc) is 2.75. The van der Waals surface area contributed by atoms with Gasteiger partial charge in [-0.05, 0) is 18.1 Å². The van der Waals surface area contributed by atoms with Crippen LogP contribution in [0.3, 0.4) is 0 Å². The molecule has 0 radical (unpaired) electrons. The number of rotatable bonds is 1. The van der Waals surface area contributed by atoms with Crippen molar-refractivity contribution in [3.8, 4) is 5.75 Å². The highest BCUT2D eigenvalue weighted by atomic mass is 16.5. The van der Waals surface area contributed by atoms with Crippen LogP contribution in [0.15, 0.2) is 34.9 Å². The van der Waals surface area contributed by atoms with Crippen molar-refractivity contribution in [1.29, 1.82) is 0 Å². The maximum absolute atomic E-state index is 5.67. The Labute approximate surface area is 93.0 Å². The number of hydrogen-bond donors (Lipinski definition) is 1. The zero-order valence-corrected chi connectivity index (χ0v) is 8.72. The van der Waals surface area contributed by atoms with E-state index in [1.807, 2.05) is 18.2 Å². The minimum absolute atomic E-state index is 0.208. The maximum Gasteiger partial charge on any atom is 0.167 e. The third-order valence-electron chi connectivity index (χ3n) is 2.83. The summed E-state index contributed by atoms with van der Waals surface area (Å²) in [5.74, 6) is 2.40. The molecule has 0 amide bonds. The van der Waals surface area contributed by atoms with Gasteiger partial charge in [0.25, 0.3) is 0 Å². The Hall–Kier alpha value is -1.97. The molecule has 3 rings (SSSR count). The molecule has 0 aliphatic carbocycles. The highest BCUT2D eigenvalue weighted by Gasteiger charge is 2.24. The summed E-state index contributed by atoms with van der Waals surface area (Å²) in [7, 11) is 0. The number of fused-ring (bicyclic) bond motifs is 1. The van der Waals surface area contributed by atoms with Gasteiger partial charge in [0.2, 0.25) is 0 Å². The van der Waals surface area contributed by atoms with E-state index in [9.17, 15) is 0 Å². The quantitative estimate of drug-likeness (QED) is 0.791. The molecule has 1 atom stereocenters. The SMILES string of the molecule is Nc1cc(C2COc3ccccc3C2)on1. The molecule has 82 valence electrons. The topological polar surface area (TPSA) is 61.3 Å². The molecule has 0 bridgehead atoms. The summed E-state index contributed by atoms with van der Waals surface area (Å²) in [4.78, 5) is 0. The molecule has 1 aromatic carbocycles. The summed E-state index contributed by atoms with van der Waals surface area (Å²) in [6.07, 6.45) is 0.908. The van der Waals surface area contributed by atoms with Crippen molar-refractivity contribution in [3.05, 3.63) is 41.7 Å². The molecule has 0 saturated heterocycles. The first-order valence-electron chi connectivity index (χ1n) is 5.26. The Morgan fingerprint density at radius 1 is 1.31 bits per heavy atom. The van der Waals surface area contributed by atoms with Gasteiger partial charge in [-0.25, -0.2) is 0 Å². The van der Waals surface area contributed by atoms with E-state index in [-0.39, 0.29) is 5.92 Å². The van der Waals surface area contributed by atoms with Crippen molar-refractivity contribution in [2.75, 3.05) is 12.3 Å². The molecule has 1 aromatic heterocycles. The molecule has 1 aliphatic heterocycles. The van der Waals surface area contributed by atoms with Crippen LogP contribution in [0.25, 0.3) is 0 Å². The summed E-state index contributed by atoms with van der Waals surface area (Å²) >= 11 is 0. The normalized spacial score (nSPS) is 18.9. The van der Waals surface area contributed by atoms with E-state index < -0.39 is 0 Å². The summed E-state index contributed by atoms with van der Waals surface area (Å²) in [6, 6.07) is 9.81. The van der Waals surface area contributed by atoms with Crippen LogP contribution in [0.2, 0.25) is 0 Å².